The Bertz CT molecular complexity index is 712. The van der Waals surface area contributed by atoms with Gasteiger partial charge in [0, 0.05) is 17.6 Å². The first-order chi connectivity index (χ1) is 10.3. The molecular weight excluding hydrogens is 262 g/mol. The topological polar surface area (TPSA) is 60.2 Å². The van der Waals surface area contributed by atoms with Gasteiger partial charge in [-0.25, -0.2) is 4.98 Å². The summed E-state index contributed by atoms with van der Waals surface area (Å²) in [6, 6.07) is 21.7. The molecule has 2 aromatic carbocycles. The van der Waals surface area contributed by atoms with Crippen LogP contribution in [-0.4, -0.2) is 4.98 Å². The Morgan fingerprint density at radius 2 is 1.81 bits per heavy atom. The standard InChI is InChI=1S/C17H14N3O/c18-13-4-3-5-16(12-13)21-15-9-7-14(8-10-15)20-17-6-1-2-11-19-17/h1-11H,18H2,(H,19,20). The molecule has 3 rings (SSSR count). The smallest absolute Gasteiger partial charge is 0.137 e. The highest BCUT2D eigenvalue weighted by molar-refractivity contribution is 5.57. The third-order valence-electron chi connectivity index (χ3n) is 2.81. The molecule has 0 aliphatic heterocycles. The molecule has 4 nitrogen and oxygen atoms in total. The number of rotatable bonds is 4. The number of nitrogens with zero attached hydrogens (tertiary/aromatic N) is 1. The molecule has 0 fully saturated rings. The zero-order valence-corrected chi connectivity index (χ0v) is 11.3. The number of hydrogen-bond acceptors (Lipinski definition) is 4. The highest BCUT2D eigenvalue weighted by Gasteiger charge is 2.00. The molecule has 0 bridgehead atoms. The normalized spacial score (nSPS) is 10.1. The maximum absolute atomic E-state index is 5.69. The van der Waals surface area contributed by atoms with Crippen molar-refractivity contribution >= 4 is 17.2 Å². The third kappa shape index (κ3) is 3.51. The molecule has 3 N–H and O–H groups in total. The molecule has 0 saturated heterocycles. The van der Waals surface area contributed by atoms with Gasteiger partial charge in [0.2, 0.25) is 0 Å². The van der Waals surface area contributed by atoms with Crippen LogP contribution in [0, 0.1) is 6.07 Å². The van der Waals surface area contributed by atoms with Crippen molar-refractivity contribution in [3.05, 3.63) is 72.9 Å². The second-order valence-corrected chi connectivity index (χ2v) is 4.44. The second kappa shape index (κ2) is 5.96. The maximum Gasteiger partial charge on any atom is 0.137 e. The molecule has 0 unspecified atom stereocenters. The van der Waals surface area contributed by atoms with Gasteiger partial charge in [0.1, 0.15) is 17.3 Å². The van der Waals surface area contributed by atoms with Crippen LogP contribution in [0.3, 0.4) is 0 Å². The van der Waals surface area contributed by atoms with Gasteiger partial charge in [-0.3, -0.25) is 0 Å². The van der Waals surface area contributed by atoms with E-state index in [1.807, 2.05) is 54.6 Å². The predicted octanol–water partition coefficient (Wildman–Crippen LogP) is 4.00. The molecule has 1 heterocycles. The van der Waals surface area contributed by atoms with Crippen LogP contribution in [0.25, 0.3) is 0 Å². The Morgan fingerprint density at radius 3 is 2.52 bits per heavy atom. The molecule has 0 aliphatic rings. The van der Waals surface area contributed by atoms with Crippen LogP contribution < -0.4 is 15.8 Å². The number of nitrogen functional groups attached to an aromatic ring is 1. The number of nitrogens with two attached hydrogens (primary N) is 1. The van der Waals surface area contributed by atoms with E-state index in [4.69, 9.17) is 10.5 Å². The van der Waals surface area contributed by atoms with Gasteiger partial charge in [-0.1, -0.05) is 12.1 Å². The Morgan fingerprint density at radius 1 is 0.952 bits per heavy atom. The Labute approximate surface area is 123 Å². The first kappa shape index (κ1) is 13.0. The van der Waals surface area contributed by atoms with Crippen molar-refractivity contribution in [1.82, 2.24) is 4.98 Å². The number of ether oxygens (including phenoxy) is 1. The van der Waals surface area contributed by atoms with Gasteiger partial charge < -0.3 is 15.8 Å². The Hall–Kier alpha value is -3.01. The van der Waals surface area contributed by atoms with Gasteiger partial charge in [-0.15, -0.1) is 0 Å². The zero-order chi connectivity index (χ0) is 14.5. The third-order valence-corrected chi connectivity index (χ3v) is 2.81. The van der Waals surface area contributed by atoms with Crippen molar-refractivity contribution in [3.63, 3.8) is 0 Å². The molecule has 0 spiro atoms. The largest absolute Gasteiger partial charge is 0.457 e. The van der Waals surface area contributed by atoms with E-state index in [2.05, 4.69) is 16.4 Å². The second-order valence-electron chi connectivity index (χ2n) is 4.44. The van der Waals surface area contributed by atoms with E-state index in [-0.39, 0.29) is 0 Å². The van der Waals surface area contributed by atoms with Crippen molar-refractivity contribution < 1.29 is 4.74 Å². The number of aromatic nitrogens is 1. The fourth-order valence-electron chi connectivity index (χ4n) is 1.84. The highest BCUT2D eigenvalue weighted by atomic mass is 16.5. The lowest BCUT2D eigenvalue weighted by molar-refractivity contribution is 0.482. The highest BCUT2D eigenvalue weighted by Crippen LogP contribution is 2.24. The Balaban J connectivity index is 1.69. The van der Waals surface area contributed by atoms with Crippen molar-refractivity contribution in [2.45, 2.75) is 0 Å². The molecule has 0 atom stereocenters. The van der Waals surface area contributed by atoms with Gasteiger partial charge in [-0.2, -0.15) is 0 Å². The van der Waals surface area contributed by atoms with E-state index in [0.717, 1.165) is 17.3 Å². The summed E-state index contributed by atoms with van der Waals surface area (Å²) in [6.45, 7) is 0. The van der Waals surface area contributed by atoms with E-state index < -0.39 is 0 Å². The van der Waals surface area contributed by atoms with E-state index in [9.17, 15) is 0 Å². The molecule has 4 heteroatoms. The van der Waals surface area contributed by atoms with Crippen LogP contribution >= 0.6 is 0 Å². The molecule has 1 aromatic heterocycles. The number of anilines is 3. The summed E-state index contributed by atoms with van der Waals surface area (Å²) in [4.78, 5) is 4.21. The summed E-state index contributed by atoms with van der Waals surface area (Å²) in [5.41, 5.74) is 7.17. The van der Waals surface area contributed by atoms with Crippen molar-refractivity contribution in [2.24, 2.45) is 0 Å². The first-order valence-corrected chi connectivity index (χ1v) is 6.53. The molecule has 103 valence electrons. The summed E-state index contributed by atoms with van der Waals surface area (Å²) >= 11 is 0. The van der Waals surface area contributed by atoms with Crippen LogP contribution in [0.4, 0.5) is 17.2 Å². The van der Waals surface area contributed by atoms with E-state index in [0.29, 0.717) is 11.4 Å². The van der Waals surface area contributed by atoms with E-state index in [1.54, 1.807) is 12.3 Å². The SMILES string of the molecule is Nc1[c]c(Oc2ccc(Nc3ccccn3)cc2)ccc1. The number of hydrogen-bond donors (Lipinski definition) is 2. The number of nitrogens with one attached hydrogen (secondary N) is 1. The molecule has 1 radical (unpaired) electrons. The molecular formula is C17H14N3O. The van der Waals surface area contributed by atoms with Crippen LogP contribution in [0.1, 0.15) is 0 Å². The number of benzene rings is 2. The lowest BCUT2D eigenvalue weighted by Crippen LogP contribution is -1.92. The lowest BCUT2D eigenvalue weighted by Gasteiger charge is -2.08. The minimum absolute atomic E-state index is 0.556. The average Bonchev–Trinajstić information content (AvgIpc) is 2.50. The molecule has 0 saturated carbocycles. The van der Waals surface area contributed by atoms with Crippen LogP contribution in [0.15, 0.2) is 66.9 Å². The van der Waals surface area contributed by atoms with E-state index >= 15 is 0 Å². The van der Waals surface area contributed by atoms with Gasteiger partial charge in [-0.05, 0) is 48.5 Å². The van der Waals surface area contributed by atoms with Gasteiger partial charge in [0.25, 0.3) is 0 Å². The van der Waals surface area contributed by atoms with Crippen molar-refractivity contribution in [1.29, 1.82) is 0 Å². The monoisotopic (exact) mass is 276 g/mol. The van der Waals surface area contributed by atoms with Crippen LogP contribution in [0.5, 0.6) is 11.5 Å². The van der Waals surface area contributed by atoms with E-state index in [1.165, 1.54) is 0 Å². The fourth-order valence-corrected chi connectivity index (χ4v) is 1.84. The zero-order valence-electron chi connectivity index (χ0n) is 11.3. The predicted molar refractivity (Wildman–Crippen MR) is 83.7 cm³/mol. The average molecular weight is 276 g/mol. The summed E-state index contributed by atoms with van der Waals surface area (Å²) < 4.78 is 5.69. The lowest BCUT2D eigenvalue weighted by atomic mass is 10.3. The van der Waals surface area contributed by atoms with Gasteiger partial charge in [0.05, 0.1) is 6.07 Å². The van der Waals surface area contributed by atoms with Crippen molar-refractivity contribution in [3.8, 4) is 11.5 Å². The summed E-state index contributed by atoms with van der Waals surface area (Å²) in [5.74, 6) is 2.12. The van der Waals surface area contributed by atoms with Crippen LogP contribution in [-0.2, 0) is 0 Å². The van der Waals surface area contributed by atoms with Gasteiger partial charge in [0.15, 0.2) is 0 Å². The van der Waals surface area contributed by atoms with Crippen molar-refractivity contribution in [2.75, 3.05) is 11.1 Å². The molecule has 0 amide bonds. The Kier molecular flexibility index (Phi) is 3.69. The molecule has 3 aromatic rings. The summed E-state index contributed by atoms with van der Waals surface area (Å²) in [7, 11) is 0. The van der Waals surface area contributed by atoms with Gasteiger partial charge >= 0.3 is 0 Å². The number of pyridine rings is 1. The summed E-state index contributed by atoms with van der Waals surface area (Å²) in [5, 5.41) is 3.21. The quantitative estimate of drug-likeness (QED) is 0.707. The minimum Gasteiger partial charge on any atom is -0.457 e. The maximum atomic E-state index is 5.69. The molecule has 0 aliphatic carbocycles. The fraction of sp³-hybridized carbons (Fsp3) is 0. The summed E-state index contributed by atoms with van der Waals surface area (Å²) in [6.07, 6.45) is 1.75. The minimum atomic E-state index is 0.556. The molecule has 21 heavy (non-hydrogen) atoms. The van der Waals surface area contributed by atoms with Crippen LogP contribution in [0.2, 0.25) is 0 Å². The first-order valence-electron chi connectivity index (χ1n) is 6.53.